The van der Waals surface area contributed by atoms with E-state index in [0.29, 0.717) is 12.3 Å². The zero-order valence-corrected chi connectivity index (χ0v) is 12.8. The molecule has 1 aromatic rings. The van der Waals surface area contributed by atoms with Gasteiger partial charge in [-0.1, -0.05) is 19.1 Å². The molecule has 0 aliphatic heterocycles. The van der Waals surface area contributed by atoms with Crippen molar-refractivity contribution >= 4 is 0 Å². The minimum Gasteiger partial charge on any atom is -0.491 e. The summed E-state index contributed by atoms with van der Waals surface area (Å²) in [5.41, 5.74) is 0.839. The Labute approximate surface area is 124 Å². The lowest BCUT2D eigenvalue weighted by Gasteiger charge is -2.21. The monoisotopic (exact) mass is 303 g/mol. The molecule has 1 N–H and O–H groups in total. The van der Waals surface area contributed by atoms with Crippen LogP contribution >= 0.6 is 0 Å². The Kier molecular flexibility index (Phi) is 7.02. The molecule has 0 heterocycles. The fourth-order valence-corrected chi connectivity index (χ4v) is 2.09. The van der Waals surface area contributed by atoms with Crippen molar-refractivity contribution in [3.8, 4) is 5.75 Å². The zero-order chi connectivity index (χ0) is 15.9. The molecule has 120 valence electrons. The lowest BCUT2D eigenvalue weighted by Crippen LogP contribution is -2.24. The lowest BCUT2D eigenvalue weighted by molar-refractivity contribution is -0.136. The van der Waals surface area contributed by atoms with Crippen LogP contribution in [-0.2, 0) is 0 Å². The molecule has 0 saturated heterocycles. The van der Waals surface area contributed by atoms with Gasteiger partial charge >= 0.3 is 6.18 Å². The van der Waals surface area contributed by atoms with E-state index in [9.17, 15) is 13.2 Å². The van der Waals surface area contributed by atoms with Gasteiger partial charge in [0.15, 0.2) is 0 Å². The van der Waals surface area contributed by atoms with Gasteiger partial charge in [0.1, 0.15) is 5.75 Å². The third kappa shape index (κ3) is 7.37. The van der Waals surface area contributed by atoms with Crippen LogP contribution in [0.5, 0.6) is 5.75 Å². The quantitative estimate of drug-likeness (QED) is 0.740. The first-order valence-corrected chi connectivity index (χ1v) is 7.38. The van der Waals surface area contributed by atoms with E-state index < -0.39 is 12.6 Å². The highest BCUT2D eigenvalue weighted by atomic mass is 19.4. The van der Waals surface area contributed by atoms with Crippen molar-refractivity contribution < 1.29 is 17.9 Å². The van der Waals surface area contributed by atoms with Gasteiger partial charge < -0.3 is 10.1 Å². The van der Waals surface area contributed by atoms with Gasteiger partial charge in [-0.25, -0.2) is 0 Å². The molecule has 0 spiro atoms. The molecule has 1 unspecified atom stereocenters. The molecule has 2 nitrogen and oxygen atoms in total. The molecule has 1 rings (SSSR count). The highest BCUT2D eigenvalue weighted by Crippen LogP contribution is 2.29. The zero-order valence-electron chi connectivity index (χ0n) is 12.8. The summed E-state index contributed by atoms with van der Waals surface area (Å²) >= 11 is 0. The van der Waals surface area contributed by atoms with Gasteiger partial charge in [0, 0.05) is 12.5 Å². The Morgan fingerprint density at radius 2 is 1.95 bits per heavy atom. The fraction of sp³-hybridized carbons (Fsp3) is 0.625. The Balaban J connectivity index is 2.81. The highest BCUT2D eigenvalue weighted by molar-refractivity contribution is 5.30. The predicted octanol–water partition coefficient (Wildman–Crippen LogP) is 4.86. The minimum absolute atomic E-state index is 0.0363. The standard InChI is InChI=1S/C16H24F3NO/c1-4-10-20-15(8-9-16(17,18)19)13-6-5-7-14(11-13)21-12(2)3/h5-7,11-12,15,20H,4,8-10H2,1-3H3. The molecule has 1 atom stereocenters. The molecule has 0 bridgehead atoms. The molecule has 0 aromatic heterocycles. The first kappa shape index (κ1) is 17.8. The summed E-state index contributed by atoms with van der Waals surface area (Å²) in [4.78, 5) is 0. The predicted molar refractivity (Wildman–Crippen MR) is 78.5 cm³/mol. The van der Waals surface area contributed by atoms with Crippen molar-refractivity contribution in [3.63, 3.8) is 0 Å². The smallest absolute Gasteiger partial charge is 0.389 e. The molecule has 0 saturated carbocycles. The van der Waals surface area contributed by atoms with E-state index in [2.05, 4.69) is 5.32 Å². The van der Waals surface area contributed by atoms with Gasteiger partial charge in [-0.3, -0.25) is 0 Å². The third-order valence-corrected chi connectivity index (χ3v) is 2.99. The maximum Gasteiger partial charge on any atom is 0.389 e. The average molecular weight is 303 g/mol. The first-order chi connectivity index (χ1) is 9.81. The van der Waals surface area contributed by atoms with Crippen LogP contribution in [0.25, 0.3) is 0 Å². The fourth-order valence-electron chi connectivity index (χ4n) is 2.09. The molecular weight excluding hydrogens is 279 g/mol. The Morgan fingerprint density at radius 3 is 2.52 bits per heavy atom. The van der Waals surface area contributed by atoms with Gasteiger partial charge in [-0.15, -0.1) is 0 Å². The van der Waals surface area contributed by atoms with Crippen molar-refractivity contribution in [2.45, 2.75) is 58.4 Å². The lowest BCUT2D eigenvalue weighted by atomic mass is 10.0. The average Bonchev–Trinajstić information content (AvgIpc) is 2.37. The summed E-state index contributed by atoms with van der Waals surface area (Å²) in [6.07, 6.45) is -3.96. The van der Waals surface area contributed by atoms with Gasteiger partial charge in [-0.2, -0.15) is 13.2 Å². The summed E-state index contributed by atoms with van der Waals surface area (Å²) in [5.74, 6) is 0.692. The molecular formula is C16H24F3NO. The molecule has 5 heteroatoms. The molecule has 0 fully saturated rings. The SMILES string of the molecule is CCCNC(CCC(F)(F)F)c1cccc(OC(C)C)c1. The maximum atomic E-state index is 12.5. The maximum absolute atomic E-state index is 12.5. The number of rotatable bonds is 8. The molecule has 1 aromatic carbocycles. The number of ether oxygens (including phenoxy) is 1. The second-order valence-electron chi connectivity index (χ2n) is 5.40. The van der Waals surface area contributed by atoms with Crippen molar-refractivity contribution in [1.29, 1.82) is 0 Å². The van der Waals surface area contributed by atoms with Crippen LogP contribution in [-0.4, -0.2) is 18.8 Å². The van der Waals surface area contributed by atoms with Crippen LogP contribution < -0.4 is 10.1 Å². The molecule has 21 heavy (non-hydrogen) atoms. The number of nitrogens with one attached hydrogen (secondary N) is 1. The van der Waals surface area contributed by atoms with E-state index in [1.54, 1.807) is 0 Å². The van der Waals surface area contributed by atoms with Crippen LogP contribution in [0, 0.1) is 0 Å². The summed E-state index contributed by atoms with van der Waals surface area (Å²) < 4.78 is 43.0. The Bertz CT molecular complexity index is 418. The Morgan fingerprint density at radius 1 is 1.24 bits per heavy atom. The summed E-state index contributed by atoms with van der Waals surface area (Å²) in [6.45, 7) is 6.52. The van der Waals surface area contributed by atoms with Crippen LogP contribution in [0.3, 0.4) is 0 Å². The molecule has 0 aliphatic carbocycles. The molecule has 0 radical (unpaired) electrons. The normalized spacial score (nSPS) is 13.5. The van der Waals surface area contributed by atoms with Gasteiger partial charge in [0.2, 0.25) is 0 Å². The van der Waals surface area contributed by atoms with Crippen molar-refractivity contribution in [3.05, 3.63) is 29.8 Å². The van der Waals surface area contributed by atoms with E-state index in [1.165, 1.54) is 0 Å². The van der Waals surface area contributed by atoms with Gasteiger partial charge in [-0.05, 0) is 50.9 Å². The largest absolute Gasteiger partial charge is 0.491 e. The molecule has 0 aliphatic rings. The van der Waals surface area contributed by atoms with Gasteiger partial charge in [0.25, 0.3) is 0 Å². The van der Waals surface area contributed by atoms with E-state index >= 15 is 0 Å². The molecule has 0 amide bonds. The summed E-state index contributed by atoms with van der Waals surface area (Å²) in [5, 5.41) is 3.18. The van der Waals surface area contributed by atoms with Crippen LogP contribution in [0.1, 0.15) is 51.6 Å². The van der Waals surface area contributed by atoms with E-state index in [-0.39, 0.29) is 18.6 Å². The number of hydrogen-bond donors (Lipinski definition) is 1. The Hall–Kier alpha value is -1.23. The van der Waals surface area contributed by atoms with Crippen molar-refractivity contribution in [1.82, 2.24) is 5.32 Å². The summed E-state index contributed by atoms with van der Waals surface area (Å²) in [6, 6.07) is 7.01. The summed E-state index contributed by atoms with van der Waals surface area (Å²) in [7, 11) is 0. The van der Waals surface area contributed by atoms with Crippen molar-refractivity contribution in [2.24, 2.45) is 0 Å². The first-order valence-electron chi connectivity index (χ1n) is 7.38. The van der Waals surface area contributed by atoms with Crippen molar-refractivity contribution in [2.75, 3.05) is 6.54 Å². The second kappa shape index (κ2) is 8.27. The highest BCUT2D eigenvalue weighted by Gasteiger charge is 2.28. The topological polar surface area (TPSA) is 21.3 Å². The van der Waals surface area contributed by atoms with Crippen LogP contribution in [0.2, 0.25) is 0 Å². The third-order valence-electron chi connectivity index (χ3n) is 2.99. The number of alkyl halides is 3. The van der Waals surface area contributed by atoms with Crippen LogP contribution in [0.4, 0.5) is 13.2 Å². The number of halogens is 3. The van der Waals surface area contributed by atoms with E-state index in [0.717, 1.165) is 12.0 Å². The second-order valence-corrected chi connectivity index (χ2v) is 5.40. The van der Waals surface area contributed by atoms with Crippen LogP contribution in [0.15, 0.2) is 24.3 Å². The van der Waals surface area contributed by atoms with Gasteiger partial charge in [0.05, 0.1) is 6.10 Å². The number of hydrogen-bond acceptors (Lipinski definition) is 2. The number of benzene rings is 1. The van der Waals surface area contributed by atoms with E-state index in [4.69, 9.17) is 4.74 Å². The minimum atomic E-state index is -4.13. The van der Waals surface area contributed by atoms with E-state index in [1.807, 2.05) is 45.0 Å².